The van der Waals surface area contributed by atoms with E-state index in [4.69, 9.17) is 15.2 Å². The highest BCUT2D eigenvalue weighted by atomic mass is 16.5. The molecule has 0 aliphatic rings. The molecule has 0 bridgehead atoms. The Hall–Kier alpha value is -1.54. The molecule has 2 N–H and O–H groups in total. The van der Waals surface area contributed by atoms with Gasteiger partial charge in [-0.25, -0.2) is 0 Å². The topological polar surface area (TPSA) is 47.7 Å². The molecule has 0 radical (unpaired) electrons. The number of likely N-dealkylation sites (N-methyl/N-ethyl adjacent to an activating group) is 1. The van der Waals surface area contributed by atoms with Gasteiger partial charge in [-0.2, -0.15) is 0 Å². The minimum atomic E-state index is 0.366. The van der Waals surface area contributed by atoms with Gasteiger partial charge in [-0.15, -0.1) is 0 Å². The van der Waals surface area contributed by atoms with E-state index in [9.17, 15) is 0 Å². The molecule has 104 valence electrons. The van der Waals surface area contributed by atoms with E-state index < -0.39 is 0 Å². The third-order valence-corrected chi connectivity index (χ3v) is 2.75. The first-order chi connectivity index (χ1) is 9.21. The molecule has 0 saturated heterocycles. The summed E-state index contributed by atoms with van der Waals surface area (Å²) in [5, 5.41) is 0. The van der Waals surface area contributed by atoms with Crippen LogP contribution in [0.15, 0.2) is 18.2 Å². The first-order valence-electron chi connectivity index (χ1n) is 6.24. The number of rotatable bonds is 6. The Morgan fingerprint density at radius 1 is 1.32 bits per heavy atom. The van der Waals surface area contributed by atoms with Crippen LogP contribution in [0, 0.1) is 11.8 Å². The van der Waals surface area contributed by atoms with Crippen molar-refractivity contribution in [2.24, 2.45) is 5.73 Å². The number of nitrogens with two attached hydrogens (primary N) is 1. The highest BCUT2D eigenvalue weighted by Crippen LogP contribution is 2.18. The first kappa shape index (κ1) is 15.5. The Kier molecular flexibility index (Phi) is 6.98. The highest BCUT2D eigenvalue weighted by molar-refractivity contribution is 5.45. The van der Waals surface area contributed by atoms with E-state index in [1.165, 1.54) is 0 Å². The lowest BCUT2D eigenvalue weighted by Crippen LogP contribution is -2.22. The van der Waals surface area contributed by atoms with Crippen LogP contribution in [0.4, 0.5) is 0 Å². The summed E-state index contributed by atoms with van der Waals surface area (Å²) in [6.45, 7) is 2.75. The molecular formula is C15H22N2O2. The molecule has 1 aromatic rings. The SMILES string of the molecule is COCCN(C)Cc1cc(OC)ccc1C#CCN. The molecule has 1 rings (SSSR count). The Morgan fingerprint density at radius 3 is 2.74 bits per heavy atom. The molecule has 0 aliphatic carbocycles. The summed E-state index contributed by atoms with van der Waals surface area (Å²) in [4.78, 5) is 2.19. The number of nitrogens with zero attached hydrogens (tertiary/aromatic N) is 1. The average Bonchev–Trinajstić information content (AvgIpc) is 2.43. The second-order valence-corrected chi connectivity index (χ2v) is 4.26. The predicted octanol–water partition coefficient (Wildman–Crippen LogP) is 1.08. The molecule has 0 fully saturated rings. The molecule has 4 nitrogen and oxygen atoms in total. The summed E-state index contributed by atoms with van der Waals surface area (Å²) >= 11 is 0. The summed E-state index contributed by atoms with van der Waals surface area (Å²) in [5.41, 5.74) is 7.56. The Balaban J connectivity index is 2.87. The van der Waals surface area contributed by atoms with Crippen molar-refractivity contribution >= 4 is 0 Å². The van der Waals surface area contributed by atoms with Gasteiger partial charge in [0, 0.05) is 25.8 Å². The van der Waals surface area contributed by atoms with E-state index in [-0.39, 0.29) is 0 Å². The van der Waals surface area contributed by atoms with Crippen molar-refractivity contribution in [2.45, 2.75) is 6.54 Å². The minimum Gasteiger partial charge on any atom is -0.497 e. The van der Waals surface area contributed by atoms with Crippen LogP contribution in [0.5, 0.6) is 5.75 Å². The van der Waals surface area contributed by atoms with Gasteiger partial charge in [0.1, 0.15) is 5.75 Å². The summed E-state index contributed by atoms with van der Waals surface area (Å²) in [6.07, 6.45) is 0. The van der Waals surface area contributed by atoms with E-state index in [2.05, 4.69) is 23.8 Å². The van der Waals surface area contributed by atoms with E-state index in [0.717, 1.165) is 30.0 Å². The monoisotopic (exact) mass is 262 g/mol. The van der Waals surface area contributed by atoms with Crippen LogP contribution in [0.25, 0.3) is 0 Å². The normalized spacial score (nSPS) is 10.2. The molecule has 0 amide bonds. The van der Waals surface area contributed by atoms with E-state index in [0.29, 0.717) is 13.2 Å². The molecular weight excluding hydrogens is 240 g/mol. The van der Waals surface area contributed by atoms with Crippen LogP contribution in [0.3, 0.4) is 0 Å². The number of hydrogen-bond donors (Lipinski definition) is 1. The average molecular weight is 262 g/mol. The predicted molar refractivity (Wildman–Crippen MR) is 77.1 cm³/mol. The summed E-state index contributed by atoms with van der Waals surface area (Å²) in [6, 6.07) is 5.91. The quantitative estimate of drug-likeness (QED) is 0.780. The molecule has 0 heterocycles. The fourth-order valence-corrected chi connectivity index (χ4v) is 1.71. The Labute approximate surface area is 115 Å². The van der Waals surface area contributed by atoms with Gasteiger partial charge in [0.25, 0.3) is 0 Å². The smallest absolute Gasteiger partial charge is 0.119 e. The van der Waals surface area contributed by atoms with Crippen LogP contribution >= 0.6 is 0 Å². The summed E-state index contributed by atoms with van der Waals surface area (Å²) in [5.74, 6) is 6.83. The number of hydrogen-bond acceptors (Lipinski definition) is 4. The molecule has 0 unspecified atom stereocenters. The van der Waals surface area contributed by atoms with Gasteiger partial charge in [-0.05, 0) is 30.8 Å². The van der Waals surface area contributed by atoms with Crippen LogP contribution in [-0.2, 0) is 11.3 Å². The van der Waals surface area contributed by atoms with Crippen molar-refractivity contribution in [3.05, 3.63) is 29.3 Å². The standard InChI is InChI=1S/C15H22N2O2/c1-17(9-10-18-2)12-14-11-15(19-3)7-6-13(14)5-4-8-16/h6-7,11H,8-10,12,16H2,1-3H3. The van der Waals surface area contributed by atoms with Crippen molar-refractivity contribution in [1.29, 1.82) is 0 Å². The lowest BCUT2D eigenvalue weighted by atomic mass is 10.1. The molecule has 0 aliphatic heterocycles. The zero-order valence-electron chi connectivity index (χ0n) is 11.9. The molecule has 19 heavy (non-hydrogen) atoms. The van der Waals surface area contributed by atoms with Crippen LogP contribution < -0.4 is 10.5 Å². The maximum atomic E-state index is 5.42. The first-order valence-corrected chi connectivity index (χ1v) is 6.24. The van der Waals surface area contributed by atoms with Crippen molar-refractivity contribution < 1.29 is 9.47 Å². The second-order valence-electron chi connectivity index (χ2n) is 4.26. The van der Waals surface area contributed by atoms with Crippen LogP contribution in [0.2, 0.25) is 0 Å². The van der Waals surface area contributed by atoms with Gasteiger partial charge in [0.15, 0.2) is 0 Å². The van der Waals surface area contributed by atoms with Crippen LogP contribution in [0.1, 0.15) is 11.1 Å². The zero-order chi connectivity index (χ0) is 14.1. The third kappa shape index (κ3) is 5.31. The third-order valence-electron chi connectivity index (χ3n) is 2.75. The van der Waals surface area contributed by atoms with E-state index in [1.54, 1.807) is 14.2 Å². The van der Waals surface area contributed by atoms with E-state index in [1.807, 2.05) is 18.2 Å². The largest absolute Gasteiger partial charge is 0.497 e. The summed E-state index contributed by atoms with van der Waals surface area (Å²) < 4.78 is 10.3. The fourth-order valence-electron chi connectivity index (χ4n) is 1.71. The lowest BCUT2D eigenvalue weighted by molar-refractivity contribution is 0.158. The summed E-state index contributed by atoms with van der Waals surface area (Å²) in [7, 11) is 5.43. The fraction of sp³-hybridized carbons (Fsp3) is 0.467. The van der Waals surface area contributed by atoms with Gasteiger partial charge in [0.05, 0.1) is 20.3 Å². The van der Waals surface area contributed by atoms with Crippen molar-refractivity contribution in [3.8, 4) is 17.6 Å². The second kappa shape index (κ2) is 8.54. The van der Waals surface area contributed by atoms with Gasteiger partial charge in [-0.1, -0.05) is 11.8 Å². The Bertz CT molecular complexity index is 449. The van der Waals surface area contributed by atoms with Crippen molar-refractivity contribution in [3.63, 3.8) is 0 Å². The number of ether oxygens (including phenoxy) is 2. The molecule has 4 heteroatoms. The molecule has 1 aromatic carbocycles. The van der Waals surface area contributed by atoms with Gasteiger partial charge in [0.2, 0.25) is 0 Å². The van der Waals surface area contributed by atoms with Crippen molar-refractivity contribution in [1.82, 2.24) is 4.90 Å². The van der Waals surface area contributed by atoms with Gasteiger partial charge >= 0.3 is 0 Å². The van der Waals surface area contributed by atoms with Crippen molar-refractivity contribution in [2.75, 3.05) is 41.0 Å². The minimum absolute atomic E-state index is 0.366. The number of benzene rings is 1. The molecule has 0 saturated carbocycles. The van der Waals surface area contributed by atoms with Crippen LogP contribution in [-0.4, -0.2) is 45.9 Å². The van der Waals surface area contributed by atoms with E-state index >= 15 is 0 Å². The van der Waals surface area contributed by atoms with Gasteiger partial charge in [-0.3, -0.25) is 4.90 Å². The Morgan fingerprint density at radius 2 is 2.11 bits per heavy atom. The molecule has 0 spiro atoms. The molecule has 0 atom stereocenters. The zero-order valence-corrected chi connectivity index (χ0v) is 11.9. The molecule has 0 aromatic heterocycles. The maximum absolute atomic E-state index is 5.42. The highest BCUT2D eigenvalue weighted by Gasteiger charge is 2.06. The lowest BCUT2D eigenvalue weighted by Gasteiger charge is -2.17. The van der Waals surface area contributed by atoms with Gasteiger partial charge < -0.3 is 15.2 Å². The maximum Gasteiger partial charge on any atom is 0.119 e. The number of methoxy groups -OCH3 is 2.